The van der Waals surface area contributed by atoms with Crippen molar-refractivity contribution < 1.29 is 9.18 Å². The summed E-state index contributed by atoms with van der Waals surface area (Å²) in [5, 5.41) is 0. The molecule has 0 aliphatic heterocycles. The Hall–Kier alpha value is -1.95. The van der Waals surface area contributed by atoms with E-state index < -0.39 is 5.91 Å². The van der Waals surface area contributed by atoms with Crippen LogP contribution in [0.3, 0.4) is 0 Å². The average Bonchev–Trinajstić information content (AvgIpc) is 2.55. The molecule has 0 unspecified atom stereocenters. The Kier molecular flexibility index (Phi) is 2.12. The van der Waals surface area contributed by atoms with Crippen molar-refractivity contribution in [3.8, 4) is 0 Å². The van der Waals surface area contributed by atoms with Gasteiger partial charge in [0, 0.05) is 6.20 Å². The number of nitrogen functional groups attached to an aromatic ring is 1. The van der Waals surface area contributed by atoms with E-state index in [4.69, 9.17) is 5.84 Å². The smallest absolute Gasteiger partial charge is 0.285 e. The number of fused-ring (bicyclic) bond motifs is 1. The minimum Gasteiger partial charge on any atom is -0.301 e. The zero-order valence-electron chi connectivity index (χ0n) is 7.99. The second-order valence-electron chi connectivity index (χ2n) is 3.09. The van der Waals surface area contributed by atoms with Crippen molar-refractivity contribution in [1.82, 2.24) is 14.8 Å². The molecule has 0 aromatic carbocycles. The number of amides is 1. The van der Waals surface area contributed by atoms with E-state index in [-0.39, 0.29) is 11.5 Å². The fourth-order valence-corrected chi connectivity index (χ4v) is 1.42. The molecule has 2 aromatic heterocycles. The van der Waals surface area contributed by atoms with Gasteiger partial charge in [0.05, 0.1) is 5.69 Å². The molecule has 0 aliphatic rings. The van der Waals surface area contributed by atoms with Gasteiger partial charge >= 0.3 is 0 Å². The van der Waals surface area contributed by atoms with Crippen molar-refractivity contribution in [2.24, 2.45) is 5.84 Å². The van der Waals surface area contributed by atoms with Gasteiger partial charge in [0.2, 0.25) is 0 Å². The number of rotatable bonds is 1. The highest BCUT2D eigenvalue weighted by atomic mass is 19.1. The molecule has 3 N–H and O–H groups in total. The molecule has 2 aromatic rings. The molecule has 2 heterocycles. The molecular weight excluding hydrogens is 199 g/mol. The largest absolute Gasteiger partial charge is 0.301 e. The highest BCUT2D eigenvalue weighted by Gasteiger charge is 2.14. The summed E-state index contributed by atoms with van der Waals surface area (Å²) in [5.74, 6) is 4.13. The summed E-state index contributed by atoms with van der Waals surface area (Å²) in [7, 11) is 0. The lowest BCUT2D eigenvalue weighted by Crippen LogP contribution is -2.30. The molecule has 5 nitrogen and oxygen atoms in total. The van der Waals surface area contributed by atoms with Crippen LogP contribution >= 0.6 is 0 Å². The average molecular weight is 208 g/mol. The molecule has 0 atom stereocenters. The number of pyridine rings is 1. The highest BCUT2D eigenvalue weighted by Crippen LogP contribution is 2.12. The number of halogens is 1. The van der Waals surface area contributed by atoms with Gasteiger partial charge in [0.1, 0.15) is 11.5 Å². The van der Waals surface area contributed by atoms with Crippen molar-refractivity contribution >= 4 is 11.6 Å². The minimum absolute atomic E-state index is 0.197. The molecule has 0 radical (unpaired) electrons. The van der Waals surface area contributed by atoms with Crippen LogP contribution in [0, 0.1) is 12.7 Å². The maximum absolute atomic E-state index is 12.9. The van der Waals surface area contributed by atoms with Gasteiger partial charge in [0.25, 0.3) is 5.91 Å². The number of hydrogen-bond donors (Lipinski definition) is 2. The third-order valence-corrected chi connectivity index (χ3v) is 2.17. The van der Waals surface area contributed by atoms with Crippen LogP contribution in [-0.4, -0.2) is 15.3 Å². The number of nitrogens with two attached hydrogens (primary N) is 1. The van der Waals surface area contributed by atoms with Crippen LogP contribution in [0.15, 0.2) is 18.3 Å². The van der Waals surface area contributed by atoms with Crippen molar-refractivity contribution in [3.63, 3.8) is 0 Å². The molecule has 78 valence electrons. The second-order valence-corrected chi connectivity index (χ2v) is 3.09. The summed E-state index contributed by atoms with van der Waals surface area (Å²) in [5.41, 5.74) is 3.24. The fourth-order valence-electron chi connectivity index (χ4n) is 1.42. The van der Waals surface area contributed by atoms with E-state index in [0.29, 0.717) is 11.3 Å². The molecular formula is C9H9FN4O. The predicted molar refractivity (Wildman–Crippen MR) is 51.5 cm³/mol. The van der Waals surface area contributed by atoms with Gasteiger partial charge in [-0.15, -0.1) is 0 Å². The zero-order chi connectivity index (χ0) is 11.0. The highest BCUT2D eigenvalue weighted by molar-refractivity contribution is 5.93. The monoisotopic (exact) mass is 208 g/mol. The number of aromatic nitrogens is 2. The van der Waals surface area contributed by atoms with Gasteiger partial charge in [-0.1, -0.05) is 0 Å². The van der Waals surface area contributed by atoms with Crippen LogP contribution in [0.1, 0.15) is 16.2 Å². The van der Waals surface area contributed by atoms with Crippen molar-refractivity contribution in [3.05, 3.63) is 35.5 Å². The first-order chi connectivity index (χ1) is 7.13. The van der Waals surface area contributed by atoms with Gasteiger partial charge in [-0.2, -0.15) is 0 Å². The Morgan fingerprint density at radius 2 is 2.33 bits per heavy atom. The first-order valence-electron chi connectivity index (χ1n) is 4.28. The summed E-state index contributed by atoms with van der Waals surface area (Å²) < 4.78 is 14.4. The van der Waals surface area contributed by atoms with Crippen LogP contribution in [0.2, 0.25) is 0 Å². The number of carbonyl (C=O) groups excluding carboxylic acids is 1. The second kappa shape index (κ2) is 3.32. The van der Waals surface area contributed by atoms with Crippen LogP contribution < -0.4 is 11.3 Å². The lowest BCUT2D eigenvalue weighted by atomic mass is 10.3. The Morgan fingerprint density at radius 1 is 1.60 bits per heavy atom. The SMILES string of the molecule is Cc1c(C(=O)NN)nc2ccc(F)cn12. The van der Waals surface area contributed by atoms with E-state index in [1.165, 1.54) is 22.7 Å². The summed E-state index contributed by atoms with van der Waals surface area (Å²) in [6.45, 7) is 1.67. The van der Waals surface area contributed by atoms with Gasteiger partial charge in [-0.3, -0.25) is 10.2 Å². The first-order valence-corrected chi connectivity index (χ1v) is 4.28. The van der Waals surface area contributed by atoms with Crippen molar-refractivity contribution in [2.45, 2.75) is 6.92 Å². The van der Waals surface area contributed by atoms with Gasteiger partial charge in [-0.25, -0.2) is 15.2 Å². The third-order valence-electron chi connectivity index (χ3n) is 2.17. The first kappa shape index (κ1) is 9.60. The molecule has 1 amide bonds. The summed E-state index contributed by atoms with van der Waals surface area (Å²) in [6, 6.07) is 2.78. The van der Waals surface area contributed by atoms with E-state index in [1.54, 1.807) is 6.92 Å². The van der Waals surface area contributed by atoms with Crippen LogP contribution in [0.4, 0.5) is 4.39 Å². The molecule has 0 saturated heterocycles. The topological polar surface area (TPSA) is 72.4 Å². The van der Waals surface area contributed by atoms with Crippen LogP contribution in [-0.2, 0) is 0 Å². The number of hydrogen-bond acceptors (Lipinski definition) is 3. The number of aryl methyl sites for hydroxylation is 1. The Bertz CT molecular complexity index is 534. The van der Waals surface area contributed by atoms with Crippen LogP contribution in [0.5, 0.6) is 0 Å². The molecule has 0 spiro atoms. The summed E-state index contributed by atoms with van der Waals surface area (Å²) in [6.07, 6.45) is 1.27. The number of hydrazine groups is 1. The number of imidazole rings is 1. The van der Waals surface area contributed by atoms with E-state index in [0.717, 1.165) is 0 Å². The molecule has 0 fully saturated rings. The lowest BCUT2D eigenvalue weighted by molar-refractivity contribution is 0.0948. The van der Waals surface area contributed by atoms with Gasteiger partial charge in [-0.05, 0) is 19.1 Å². The quantitative estimate of drug-likeness (QED) is 0.404. The zero-order valence-corrected chi connectivity index (χ0v) is 7.99. The molecule has 0 saturated carbocycles. The van der Waals surface area contributed by atoms with E-state index >= 15 is 0 Å². The number of nitrogens with zero attached hydrogens (tertiary/aromatic N) is 2. The van der Waals surface area contributed by atoms with E-state index in [1.807, 2.05) is 5.43 Å². The summed E-state index contributed by atoms with van der Waals surface area (Å²) >= 11 is 0. The third kappa shape index (κ3) is 1.44. The van der Waals surface area contributed by atoms with E-state index in [9.17, 15) is 9.18 Å². The van der Waals surface area contributed by atoms with Gasteiger partial charge < -0.3 is 4.40 Å². The lowest BCUT2D eigenvalue weighted by Gasteiger charge is -1.97. The minimum atomic E-state index is -0.489. The Labute approximate surface area is 84.7 Å². The number of nitrogens with one attached hydrogen (secondary N) is 1. The standard InChI is InChI=1S/C9H9FN4O/c1-5-8(9(15)13-11)12-7-3-2-6(10)4-14(5)7/h2-4H,11H2,1H3,(H,13,15). The molecule has 2 rings (SSSR count). The predicted octanol–water partition coefficient (Wildman–Crippen LogP) is 0.385. The fraction of sp³-hybridized carbons (Fsp3) is 0.111. The normalized spacial score (nSPS) is 10.6. The van der Waals surface area contributed by atoms with Crippen molar-refractivity contribution in [1.29, 1.82) is 0 Å². The summed E-state index contributed by atoms with van der Waals surface area (Å²) in [4.78, 5) is 15.3. The van der Waals surface area contributed by atoms with Crippen molar-refractivity contribution in [2.75, 3.05) is 0 Å². The van der Waals surface area contributed by atoms with Crippen LogP contribution in [0.25, 0.3) is 5.65 Å². The Morgan fingerprint density at radius 3 is 3.00 bits per heavy atom. The van der Waals surface area contributed by atoms with E-state index in [2.05, 4.69) is 4.98 Å². The van der Waals surface area contributed by atoms with Gasteiger partial charge in [0.15, 0.2) is 5.69 Å². The maximum Gasteiger partial charge on any atom is 0.285 e. The maximum atomic E-state index is 12.9. The molecule has 0 aliphatic carbocycles. The Balaban J connectivity index is 2.69. The molecule has 15 heavy (non-hydrogen) atoms. The molecule has 0 bridgehead atoms. The number of carbonyl (C=O) groups is 1. The molecule has 6 heteroatoms.